The van der Waals surface area contributed by atoms with Crippen molar-refractivity contribution in [1.82, 2.24) is 0 Å². The summed E-state index contributed by atoms with van der Waals surface area (Å²) in [6.07, 6.45) is -0.210. The molecule has 0 aliphatic rings. The topological polar surface area (TPSA) is 49.3 Å². The van der Waals surface area contributed by atoms with Crippen LogP contribution in [-0.2, 0) is 11.2 Å². The lowest BCUT2D eigenvalue weighted by Crippen LogP contribution is -2.14. The Kier molecular flexibility index (Phi) is 4.47. The monoisotopic (exact) mass is 295 g/mol. The summed E-state index contributed by atoms with van der Waals surface area (Å²) >= 11 is 0. The van der Waals surface area contributed by atoms with Crippen LogP contribution >= 0.6 is 0 Å². The van der Waals surface area contributed by atoms with E-state index in [0.717, 1.165) is 12.1 Å². The van der Waals surface area contributed by atoms with Gasteiger partial charge in [0.25, 0.3) is 0 Å². The first kappa shape index (κ1) is 14.9. The summed E-state index contributed by atoms with van der Waals surface area (Å²) in [6, 6.07) is 7.30. The van der Waals surface area contributed by atoms with Gasteiger partial charge >= 0.3 is 0 Å². The maximum atomic E-state index is 13.4. The fraction of sp³-hybridized carbons (Fsp3) is 0.133. The minimum atomic E-state index is -1.00. The molecule has 1 amide bonds. The Morgan fingerprint density at radius 2 is 1.71 bits per heavy atom. The molecule has 0 heterocycles. The Bertz CT molecular complexity index is 654. The van der Waals surface area contributed by atoms with Gasteiger partial charge in [-0.2, -0.15) is 0 Å². The Balaban J connectivity index is 2.01. The van der Waals surface area contributed by atoms with Gasteiger partial charge in [0, 0.05) is 6.42 Å². The average molecular weight is 295 g/mol. The predicted molar refractivity (Wildman–Crippen MR) is 71.4 cm³/mol. The smallest absolute Gasteiger partial charge is 0.224 e. The maximum absolute atomic E-state index is 13.4. The van der Waals surface area contributed by atoms with E-state index in [1.54, 1.807) is 0 Å². The summed E-state index contributed by atoms with van der Waals surface area (Å²) in [5.41, 5.74) is -0.273. The first-order valence-corrected chi connectivity index (χ1v) is 6.19. The predicted octanol–water partition coefficient (Wildman–Crippen LogP) is 3.38. The Morgan fingerprint density at radius 1 is 1.05 bits per heavy atom. The van der Waals surface area contributed by atoms with Crippen LogP contribution in [0.3, 0.4) is 0 Å². The number of phenolic OH excluding ortho intramolecular Hbond substituents is 1. The molecule has 2 rings (SSSR count). The zero-order valence-electron chi connectivity index (χ0n) is 10.9. The second-order valence-electron chi connectivity index (χ2n) is 4.40. The van der Waals surface area contributed by atoms with Gasteiger partial charge in [-0.3, -0.25) is 4.79 Å². The second-order valence-corrected chi connectivity index (χ2v) is 4.40. The van der Waals surface area contributed by atoms with Gasteiger partial charge in [0.05, 0.1) is 0 Å². The summed E-state index contributed by atoms with van der Waals surface area (Å²) in [4.78, 5) is 11.7. The highest BCUT2D eigenvalue weighted by molar-refractivity contribution is 5.92. The van der Waals surface area contributed by atoms with Crippen LogP contribution < -0.4 is 5.32 Å². The number of rotatable bonds is 4. The molecule has 0 aliphatic heterocycles. The molecule has 21 heavy (non-hydrogen) atoms. The van der Waals surface area contributed by atoms with E-state index in [9.17, 15) is 23.1 Å². The third kappa shape index (κ3) is 3.53. The molecule has 0 saturated carbocycles. The molecule has 3 nitrogen and oxygen atoms in total. The molecule has 0 saturated heterocycles. The lowest BCUT2D eigenvalue weighted by molar-refractivity contribution is -0.116. The largest absolute Gasteiger partial charge is 0.506 e. The van der Waals surface area contributed by atoms with Gasteiger partial charge in [0.1, 0.15) is 11.4 Å². The third-order valence-electron chi connectivity index (χ3n) is 2.91. The Labute approximate surface area is 119 Å². The van der Waals surface area contributed by atoms with Crippen LogP contribution in [0.25, 0.3) is 0 Å². The van der Waals surface area contributed by atoms with Crippen molar-refractivity contribution in [2.24, 2.45) is 0 Å². The quantitative estimate of drug-likeness (QED) is 0.850. The van der Waals surface area contributed by atoms with Gasteiger partial charge in [-0.05, 0) is 30.2 Å². The third-order valence-corrected chi connectivity index (χ3v) is 2.91. The molecule has 0 bridgehead atoms. The number of benzene rings is 2. The van der Waals surface area contributed by atoms with Crippen LogP contribution in [0.5, 0.6) is 5.75 Å². The van der Waals surface area contributed by atoms with Gasteiger partial charge in [0.15, 0.2) is 17.5 Å². The summed E-state index contributed by atoms with van der Waals surface area (Å²) in [7, 11) is 0. The molecule has 0 atom stereocenters. The number of aromatic hydroxyl groups is 1. The van der Waals surface area contributed by atoms with Crippen molar-refractivity contribution in [3.63, 3.8) is 0 Å². The van der Waals surface area contributed by atoms with Gasteiger partial charge < -0.3 is 10.4 Å². The van der Waals surface area contributed by atoms with Crippen LogP contribution in [0.4, 0.5) is 18.9 Å². The van der Waals surface area contributed by atoms with E-state index in [1.807, 2.05) is 0 Å². The van der Waals surface area contributed by atoms with Crippen LogP contribution in [0, 0.1) is 17.5 Å². The number of halogens is 3. The first-order valence-electron chi connectivity index (χ1n) is 6.19. The second kappa shape index (κ2) is 6.30. The van der Waals surface area contributed by atoms with Crippen molar-refractivity contribution in [2.45, 2.75) is 12.8 Å². The zero-order valence-corrected chi connectivity index (χ0v) is 10.9. The summed E-state index contributed by atoms with van der Waals surface area (Å²) in [5.74, 6) is -3.78. The Morgan fingerprint density at radius 3 is 2.43 bits per heavy atom. The lowest BCUT2D eigenvalue weighted by Gasteiger charge is -2.08. The molecule has 0 aromatic heterocycles. The van der Waals surface area contributed by atoms with Crippen LogP contribution in [0.1, 0.15) is 12.0 Å². The van der Waals surface area contributed by atoms with E-state index >= 15 is 0 Å². The summed E-state index contributed by atoms with van der Waals surface area (Å²) in [6.45, 7) is 0. The molecule has 2 aromatic rings. The number of nitrogens with one attached hydrogen (secondary N) is 1. The van der Waals surface area contributed by atoms with Crippen molar-refractivity contribution < 1.29 is 23.1 Å². The summed E-state index contributed by atoms with van der Waals surface area (Å²) in [5, 5.41) is 11.6. The number of carbonyl (C=O) groups is 1. The molecule has 110 valence electrons. The van der Waals surface area contributed by atoms with Gasteiger partial charge in [-0.25, -0.2) is 13.2 Å². The number of phenols is 1. The number of amides is 1. The Hall–Kier alpha value is -2.50. The SMILES string of the molecule is O=C(CCc1cccc(F)c1F)Nc1c(O)cccc1F. The van der Waals surface area contributed by atoms with E-state index in [1.165, 1.54) is 24.3 Å². The van der Waals surface area contributed by atoms with Crippen LogP contribution in [0.2, 0.25) is 0 Å². The van der Waals surface area contributed by atoms with Crippen molar-refractivity contribution in [1.29, 1.82) is 0 Å². The van der Waals surface area contributed by atoms with Crippen LogP contribution in [0.15, 0.2) is 36.4 Å². The number of hydrogen-bond donors (Lipinski definition) is 2. The molecule has 0 fully saturated rings. The number of para-hydroxylation sites is 1. The molecule has 6 heteroatoms. The van der Waals surface area contributed by atoms with Crippen molar-refractivity contribution in [3.8, 4) is 5.75 Å². The molecule has 0 aliphatic carbocycles. The van der Waals surface area contributed by atoms with Crippen LogP contribution in [-0.4, -0.2) is 11.0 Å². The standard InChI is InChI=1S/C15H12F3NO2/c16-10-4-1-3-9(14(10)18)7-8-13(21)19-15-11(17)5-2-6-12(15)20/h1-6,20H,7-8H2,(H,19,21). The zero-order chi connectivity index (χ0) is 15.4. The molecular weight excluding hydrogens is 283 g/mol. The number of anilines is 1. The van der Waals surface area contributed by atoms with E-state index < -0.39 is 29.1 Å². The maximum Gasteiger partial charge on any atom is 0.224 e. The molecule has 0 unspecified atom stereocenters. The fourth-order valence-electron chi connectivity index (χ4n) is 1.83. The highest BCUT2D eigenvalue weighted by atomic mass is 19.2. The fourth-order valence-corrected chi connectivity index (χ4v) is 1.83. The number of aryl methyl sites for hydroxylation is 1. The molecule has 0 radical (unpaired) electrons. The lowest BCUT2D eigenvalue weighted by atomic mass is 10.1. The summed E-state index contributed by atoms with van der Waals surface area (Å²) < 4.78 is 39.8. The van der Waals surface area contributed by atoms with E-state index in [4.69, 9.17) is 0 Å². The number of carbonyl (C=O) groups excluding carboxylic acids is 1. The normalized spacial score (nSPS) is 10.4. The van der Waals surface area contributed by atoms with Gasteiger partial charge in [-0.15, -0.1) is 0 Å². The van der Waals surface area contributed by atoms with Crippen molar-refractivity contribution >= 4 is 11.6 Å². The van der Waals surface area contributed by atoms with E-state index in [-0.39, 0.29) is 24.1 Å². The van der Waals surface area contributed by atoms with Gasteiger partial charge in [-0.1, -0.05) is 18.2 Å². The van der Waals surface area contributed by atoms with E-state index in [2.05, 4.69) is 5.32 Å². The minimum absolute atomic E-state index is 0.0371. The highest BCUT2D eigenvalue weighted by Crippen LogP contribution is 2.26. The minimum Gasteiger partial charge on any atom is -0.506 e. The van der Waals surface area contributed by atoms with Crippen molar-refractivity contribution in [2.75, 3.05) is 5.32 Å². The first-order chi connectivity index (χ1) is 9.99. The highest BCUT2D eigenvalue weighted by Gasteiger charge is 2.13. The number of hydrogen-bond acceptors (Lipinski definition) is 2. The molecule has 2 N–H and O–H groups in total. The van der Waals surface area contributed by atoms with E-state index in [0.29, 0.717) is 0 Å². The van der Waals surface area contributed by atoms with Crippen molar-refractivity contribution in [3.05, 3.63) is 59.4 Å². The molecule has 2 aromatic carbocycles. The molecule has 0 spiro atoms. The average Bonchev–Trinajstić information content (AvgIpc) is 2.45. The van der Waals surface area contributed by atoms with Gasteiger partial charge in [0.2, 0.25) is 5.91 Å². The molecular formula is C15H12F3NO2.